The van der Waals surface area contributed by atoms with Crippen LogP contribution in [-0.2, 0) is 10.7 Å². The summed E-state index contributed by atoms with van der Waals surface area (Å²) < 4.78 is 28.4. The molecule has 3 aromatic carbocycles. The average molecular weight is 450 g/mol. The van der Waals surface area contributed by atoms with E-state index in [9.17, 15) is 23.8 Å². The molecule has 0 saturated heterocycles. The Balaban J connectivity index is 1.62. The normalized spacial score (nSPS) is 13.8. The van der Waals surface area contributed by atoms with Gasteiger partial charge in [-0.25, -0.2) is 13.8 Å². The van der Waals surface area contributed by atoms with Gasteiger partial charge in [-0.3, -0.25) is 9.36 Å². The highest BCUT2D eigenvalue weighted by Gasteiger charge is 2.30. The molecule has 0 atom stereocenters. The fraction of sp³-hybridized carbons (Fsp3) is 0.0870. The minimum atomic E-state index is -2.51. The Morgan fingerprint density at radius 2 is 1.76 bits per heavy atom. The zero-order chi connectivity index (χ0) is 23.3. The molecule has 1 aliphatic heterocycles. The molecular weight excluding hydrogens is 434 g/mol. The van der Waals surface area contributed by atoms with Crippen LogP contribution in [0.25, 0.3) is 16.6 Å². The first-order valence-corrected chi connectivity index (χ1v) is 9.76. The number of hydrogen-bond acceptors (Lipinski definition) is 7. The van der Waals surface area contributed by atoms with Gasteiger partial charge in [-0.15, -0.1) is 0 Å². The van der Waals surface area contributed by atoms with E-state index in [-0.39, 0.29) is 33.7 Å². The van der Waals surface area contributed by atoms with Crippen molar-refractivity contribution in [2.24, 2.45) is 5.16 Å². The first kappa shape index (κ1) is 20.7. The first-order chi connectivity index (χ1) is 15.8. The zero-order valence-electron chi connectivity index (χ0n) is 17.1. The minimum absolute atomic E-state index is 0.0120. The van der Waals surface area contributed by atoms with Crippen LogP contribution in [0.15, 0.2) is 70.6 Å². The quantitative estimate of drug-likeness (QED) is 0.287. The summed E-state index contributed by atoms with van der Waals surface area (Å²) in [6.07, 6.45) is 0. The van der Waals surface area contributed by atoms with Gasteiger partial charge in [0.1, 0.15) is 18.7 Å². The van der Waals surface area contributed by atoms with Gasteiger partial charge in [-0.1, -0.05) is 5.16 Å². The minimum Gasteiger partial charge on any atom is -0.399 e. The summed E-state index contributed by atoms with van der Waals surface area (Å²) in [5.41, 5.74) is 1.05. The number of benzene rings is 3. The van der Waals surface area contributed by atoms with Crippen molar-refractivity contribution in [1.29, 1.82) is 0 Å². The molecule has 0 radical (unpaired) electrons. The maximum atomic E-state index is 13.9. The van der Waals surface area contributed by atoms with Crippen molar-refractivity contribution in [3.05, 3.63) is 99.6 Å². The summed E-state index contributed by atoms with van der Waals surface area (Å²) in [5, 5.41) is 27.6. The maximum Gasteiger partial charge on any atom is 0.272 e. The van der Waals surface area contributed by atoms with Crippen LogP contribution in [0.5, 0.6) is 0 Å². The lowest BCUT2D eigenvalue weighted by molar-refractivity contribution is -0.143. The number of aromatic nitrogens is 2. The average Bonchev–Trinajstić information content (AvgIpc) is 3.07. The van der Waals surface area contributed by atoms with Crippen molar-refractivity contribution in [3.63, 3.8) is 0 Å². The molecule has 0 aliphatic carbocycles. The van der Waals surface area contributed by atoms with Gasteiger partial charge in [0, 0.05) is 16.8 Å². The molecule has 10 heteroatoms. The molecule has 0 bridgehead atoms. The van der Waals surface area contributed by atoms with E-state index < -0.39 is 23.1 Å². The highest BCUT2D eigenvalue weighted by molar-refractivity contribution is 6.16. The molecule has 0 unspecified atom stereocenters. The second-order valence-electron chi connectivity index (χ2n) is 7.40. The molecule has 33 heavy (non-hydrogen) atoms. The van der Waals surface area contributed by atoms with Gasteiger partial charge < -0.3 is 20.4 Å². The molecule has 3 N–H and O–H groups in total. The lowest BCUT2D eigenvalue weighted by Crippen LogP contribution is -2.34. The summed E-state index contributed by atoms with van der Waals surface area (Å²) in [6, 6.07) is 13.0. The van der Waals surface area contributed by atoms with Gasteiger partial charge in [0.25, 0.3) is 11.5 Å². The summed E-state index contributed by atoms with van der Waals surface area (Å²) >= 11 is 0. The monoisotopic (exact) mass is 450 g/mol. The number of nitrogens with one attached hydrogen (secondary N) is 1. The third kappa shape index (κ3) is 3.41. The van der Waals surface area contributed by atoms with Gasteiger partial charge in [0.15, 0.2) is 11.5 Å². The molecule has 8 nitrogen and oxygen atoms in total. The summed E-state index contributed by atoms with van der Waals surface area (Å²) in [5.74, 6) is -3.38. The second-order valence-corrected chi connectivity index (χ2v) is 7.40. The molecule has 0 saturated carbocycles. The van der Waals surface area contributed by atoms with Crippen LogP contribution in [0, 0.1) is 11.6 Å². The van der Waals surface area contributed by atoms with Gasteiger partial charge >= 0.3 is 0 Å². The third-order valence-electron chi connectivity index (χ3n) is 5.28. The van der Waals surface area contributed by atoms with Crippen LogP contribution in [0.2, 0.25) is 0 Å². The lowest BCUT2D eigenvalue weighted by atomic mass is 10.1. The van der Waals surface area contributed by atoms with Crippen LogP contribution >= 0.6 is 0 Å². The van der Waals surface area contributed by atoms with E-state index >= 15 is 0 Å². The van der Waals surface area contributed by atoms with Crippen LogP contribution in [0.3, 0.4) is 0 Å². The predicted octanol–water partition coefficient (Wildman–Crippen LogP) is 2.58. The van der Waals surface area contributed by atoms with Crippen LogP contribution < -0.4 is 10.9 Å². The van der Waals surface area contributed by atoms with Crippen molar-refractivity contribution >= 4 is 22.3 Å². The molecule has 2 heterocycles. The molecule has 1 aromatic heterocycles. The number of fused-ring (bicyclic) bond motifs is 4. The predicted molar refractivity (Wildman–Crippen MR) is 116 cm³/mol. The van der Waals surface area contributed by atoms with E-state index in [1.807, 2.05) is 0 Å². The Morgan fingerprint density at radius 1 is 1.03 bits per heavy atom. The van der Waals surface area contributed by atoms with Crippen molar-refractivity contribution < 1.29 is 23.8 Å². The topological polar surface area (TPSA) is 109 Å². The van der Waals surface area contributed by atoms with E-state index in [0.717, 1.165) is 12.1 Å². The van der Waals surface area contributed by atoms with Crippen molar-refractivity contribution in [2.45, 2.75) is 5.91 Å². The summed E-state index contributed by atoms with van der Waals surface area (Å²) in [4.78, 5) is 22.6. The number of hydrogen-bond donors (Lipinski definition) is 3. The van der Waals surface area contributed by atoms with E-state index in [0.29, 0.717) is 11.3 Å². The molecule has 0 fully saturated rings. The maximum absolute atomic E-state index is 13.9. The van der Waals surface area contributed by atoms with E-state index in [1.165, 1.54) is 60.2 Å². The van der Waals surface area contributed by atoms with E-state index in [2.05, 4.69) is 15.5 Å². The number of halogens is 2. The third-order valence-corrected chi connectivity index (χ3v) is 5.28. The Bertz CT molecular complexity index is 1500. The van der Waals surface area contributed by atoms with Gasteiger partial charge in [-0.05, 0) is 60.7 Å². The zero-order valence-corrected chi connectivity index (χ0v) is 17.1. The lowest BCUT2D eigenvalue weighted by Gasteiger charge is -2.24. The smallest absolute Gasteiger partial charge is 0.272 e. The molecular formula is C23H16F2N4O4. The summed E-state index contributed by atoms with van der Waals surface area (Å²) in [6.45, 7) is 0. The van der Waals surface area contributed by atoms with Gasteiger partial charge in [-0.2, -0.15) is 0 Å². The largest absolute Gasteiger partial charge is 0.399 e. The van der Waals surface area contributed by atoms with Gasteiger partial charge in [0.2, 0.25) is 0 Å². The van der Waals surface area contributed by atoms with Crippen molar-refractivity contribution in [2.75, 3.05) is 12.4 Å². The standard InChI is InChI=1S/C23H16F2N4O4/c1-33-28-20-17-10-14(25)6-9-19(17)29-21(20)26-18-11-15(7-8-16(18)22(29)30)27-23(31,32)12-2-4-13(24)5-3-12/h2-11,27,31-32H,1H3/b28-20+. The SMILES string of the molecule is CO/N=C1\c2cc(F)ccc2-n2c1nc1cc(NC(O)(O)c3ccc(F)cc3)ccc1c2=O. The van der Waals surface area contributed by atoms with Crippen LogP contribution in [0.4, 0.5) is 14.5 Å². The second kappa shape index (κ2) is 7.47. The Labute approximate surface area is 185 Å². The van der Waals surface area contributed by atoms with Crippen LogP contribution in [0.1, 0.15) is 17.0 Å². The van der Waals surface area contributed by atoms with Crippen molar-refractivity contribution in [3.8, 4) is 5.69 Å². The molecule has 0 spiro atoms. The Hall–Kier alpha value is -4.15. The fourth-order valence-corrected chi connectivity index (χ4v) is 3.80. The number of oxime groups is 1. The Morgan fingerprint density at radius 3 is 2.48 bits per heavy atom. The molecule has 1 aliphatic rings. The summed E-state index contributed by atoms with van der Waals surface area (Å²) in [7, 11) is 1.33. The fourth-order valence-electron chi connectivity index (χ4n) is 3.80. The Kier molecular flexibility index (Phi) is 4.69. The van der Waals surface area contributed by atoms with E-state index in [1.54, 1.807) is 0 Å². The molecule has 166 valence electrons. The highest BCUT2D eigenvalue weighted by atomic mass is 19.1. The molecule has 5 rings (SSSR count). The highest BCUT2D eigenvalue weighted by Crippen LogP contribution is 2.29. The van der Waals surface area contributed by atoms with Crippen molar-refractivity contribution in [1.82, 2.24) is 9.55 Å². The number of aliphatic hydroxyl groups is 2. The van der Waals surface area contributed by atoms with E-state index in [4.69, 9.17) is 4.84 Å². The first-order valence-electron chi connectivity index (χ1n) is 9.76. The number of anilines is 1. The number of nitrogens with zero attached hydrogens (tertiary/aromatic N) is 3. The number of rotatable bonds is 4. The molecule has 4 aromatic rings. The van der Waals surface area contributed by atoms with Crippen LogP contribution in [-0.4, -0.2) is 32.6 Å². The molecule has 0 amide bonds. The van der Waals surface area contributed by atoms with Gasteiger partial charge in [0.05, 0.1) is 16.6 Å².